The SMILES string of the molecule is Cc1cc(Nc2ccc([N+](=O)[O-])cc2)c2[nH]ncc2n1. The molecule has 0 radical (unpaired) electrons. The van der Waals surface area contributed by atoms with E-state index in [1.165, 1.54) is 12.1 Å². The predicted octanol–water partition coefficient (Wildman–Crippen LogP) is 2.92. The van der Waals surface area contributed by atoms with Gasteiger partial charge in [0.15, 0.2) is 0 Å². The number of nitrogens with one attached hydrogen (secondary N) is 2. The minimum absolute atomic E-state index is 0.0631. The number of H-pyrrole nitrogens is 1. The number of benzene rings is 1. The third kappa shape index (κ3) is 2.16. The molecular weight excluding hydrogens is 258 g/mol. The normalized spacial score (nSPS) is 10.7. The second-order valence-electron chi connectivity index (χ2n) is 4.37. The maximum absolute atomic E-state index is 10.6. The zero-order valence-corrected chi connectivity index (χ0v) is 10.6. The Labute approximate surface area is 113 Å². The molecule has 0 saturated carbocycles. The van der Waals surface area contributed by atoms with Gasteiger partial charge in [-0.2, -0.15) is 5.10 Å². The molecule has 7 heteroatoms. The zero-order chi connectivity index (χ0) is 14.1. The zero-order valence-electron chi connectivity index (χ0n) is 10.6. The smallest absolute Gasteiger partial charge is 0.269 e. The third-order valence-corrected chi connectivity index (χ3v) is 2.90. The Hall–Kier alpha value is -2.96. The number of rotatable bonds is 3. The van der Waals surface area contributed by atoms with Gasteiger partial charge < -0.3 is 5.32 Å². The van der Waals surface area contributed by atoms with Crippen LogP contribution in [0.25, 0.3) is 11.0 Å². The van der Waals surface area contributed by atoms with Crippen LogP contribution in [0.1, 0.15) is 5.69 Å². The summed E-state index contributed by atoms with van der Waals surface area (Å²) in [5.74, 6) is 0. The van der Waals surface area contributed by atoms with Crippen molar-refractivity contribution in [2.75, 3.05) is 5.32 Å². The molecule has 3 aromatic rings. The molecule has 3 rings (SSSR count). The van der Waals surface area contributed by atoms with Crippen LogP contribution in [0.3, 0.4) is 0 Å². The summed E-state index contributed by atoms with van der Waals surface area (Å²) >= 11 is 0. The van der Waals surface area contributed by atoms with E-state index in [2.05, 4.69) is 20.5 Å². The third-order valence-electron chi connectivity index (χ3n) is 2.90. The van der Waals surface area contributed by atoms with Crippen molar-refractivity contribution < 1.29 is 4.92 Å². The molecule has 0 saturated heterocycles. The molecule has 0 aliphatic rings. The Morgan fingerprint density at radius 3 is 2.75 bits per heavy atom. The first-order chi connectivity index (χ1) is 9.63. The lowest BCUT2D eigenvalue weighted by molar-refractivity contribution is -0.384. The minimum Gasteiger partial charge on any atom is -0.354 e. The number of nitrogens with zero attached hydrogens (tertiary/aromatic N) is 3. The van der Waals surface area contributed by atoms with Gasteiger partial charge in [-0.25, -0.2) is 4.98 Å². The van der Waals surface area contributed by atoms with Crippen molar-refractivity contribution in [3.8, 4) is 0 Å². The predicted molar refractivity (Wildman–Crippen MR) is 75.0 cm³/mol. The van der Waals surface area contributed by atoms with Crippen LogP contribution in [0, 0.1) is 17.0 Å². The number of aryl methyl sites for hydroxylation is 1. The van der Waals surface area contributed by atoms with Crippen LogP contribution in [-0.4, -0.2) is 20.1 Å². The molecule has 7 nitrogen and oxygen atoms in total. The number of aromatic nitrogens is 3. The number of aromatic amines is 1. The number of nitro benzene ring substituents is 1. The number of pyridine rings is 1. The van der Waals surface area contributed by atoms with Gasteiger partial charge in [-0.15, -0.1) is 0 Å². The summed E-state index contributed by atoms with van der Waals surface area (Å²) in [5, 5.41) is 20.7. The molecule has 0 aliphatic carbocycles. The number of hydrogen-bond donors (Lipinski definition) is 2. The van der Waals surface area contributed by atoms with Gasteiger partial charge in [0, 0.05) is 23.5 Å². The van der Waals surface area contributed by atoms with Crippen molar-refractivity contribution in [1.82, 2.24) is 15.2 Å². The Morgan fingerprint density at radius 2 is 2.05 bits per heavy atom. The number of fused-ring (bicyclic) bond motifs is 1. The van der Waals surface area contributed by atoms with E-state index >= 15 is 0 Å². The molecule has 0 aliphatic heterocycles. The van der Waals surface area contributed by atoms with Crippen LogP contribution in [0.5, 0.6) is 0 Å². The van der Waals surface area contributed by atoms with Gasteiger partial charge in [0.25, 0.3) is 5.69 Å². The number of anilines is 2. The van der Waals surface area contributed by atoms with E-state index in [4.69, 9.17) is 0 Å². The molecular formula is C13H11N5O2. The van der Waals surface area contributed by atoms with E-state index in [0.29, 0.717) is 0 Å². The van der Waals surface area contributed by atoms with Gasteiger partial charge in [-0.1, -0.05) is 0 Å². The Morgan fingerprint density at radius 1 is 1.30 bits per heavy atom. The lowest BCUT2D eigenvalue weighted by atomic mass is 10.2. The van der Waals surface area contributed by atoms with E-state index in [0.717, 1.165) is 28.1 Å². The molecule has 1 aromatic carbocycles. The van der Waals surface area contributed by atoms with Crippen molar-refractivity contribution in [1.29, 1.82) is 0 Å². The topological polar surface area (TPSA) is 96.7 Å². The van der Waals surface area contributed by atoms with Gasteiger partial charge in [-0.05, 0) is 25.1 Å². The molecule has 0 spiro atoms. The quantitative estimate of drug-likeness (QED) is 0.562. The molecule has 20 heavy (non-hydrogen) atoms. The van der Waals surface area contributed by atoms with Crippen LogP contribution in [0.2, 0.25) is 0 Å². The Kier molecular flexibility index (Phi) is 2.79. The molecule has 2 heterocycles. The number of hydrogen-bond acceptors (Lipinski definition) is 5. The summed E-state index contributed by atoms with van der Waals surface area (Å²) < 4.78 is 0. The van der Waals surface area contributed by atoms with Crippen molar-refractivity contribution in [3.63, 3.8) is 0 Å². The van der Waals surface area contributed by atoms with E-state index < -0.39 is 4.92 Å². The minimum atomic E-state index is -0.423. The molecule has 0 atom stereocenters. The summed E-state index contributed by atoms with van der Waals surface area (Å²) in [4.78, 5) is 14.5. The van der Waals surface area contributed by atoms with Gasteiger partial charge in [0.1, 0.15) is 11.0 Å². The van der Waals surface area contributed by atoms with E-state index in [1.807, 2.05) is 13.0 Å². The Bertz CT molecular complexity index is 779. The monoisotopic (exact) mass is 269 g/mol. The van der Waals surface area contributed by atoms with Crippen molar-refractivity contribution >= 4 is 28.1 Å². The average molecular weight is 269 g/mol. The van der Waals surface area contributed by atoms with Gasteiger partial charge >= 0.3 is 0 Å². The van der Waals surface area contributed by atoms with Crippen molar-refractivity contribution in [2.24, 2.45) is 0 Å². The number of non-ortho nitro benzene ring substituents is 1. The Balaban J connectivity index is 1.96. The summed E-state index contributed by atoms with van der Waals surface area (Å²) in [6.45, 7) is 1.90. The van der Waals surface area contributed by atoms with E-state index in [9.17, 15) is 10.1 Å². The van der Waals surface area contributed by atoms with Crippen LogP contribution >= 0.6 is 0 Å². The lowest BCUT2D eigenvalue weighted by Gasteiger charge is -2.08. The first-order valence-corrected chi connectivity index (χ1v) is 5.96. The molecule has 2 aromatic heterocycles. The average Bonchev–Trinajstić information content (AvgIpc) is 2.87. The summed E-state index contributed by atoms with van der Waals surface area (Å²) in [6.07, 6.45) is 1.66. The van der Waals surface area contributed by atoms with Crippen molar-refractivity contribution in [2.45, 2.75) is 6.92 Å². The highest BCUT2D eigenvalue weighted by molar-refractivity contribution is 5.89. The summed E-state index contributed by atoms with van der Waals surface area (Å²) in [7, 11) is 0. The van der Waals surface area contributed by atoms with E-state index in [1.54, 1.807) is 18.3 Å². The van der Waals surface area contributed by atoms with Crippen LogP contribution in [0.15, 0.2) is 36.5 Å². The van der Waals surface area contributed by atoms with Crippen LogP contribution < -0.4 is 5.32 Å². The molecule has 0 bridgehead atoms. The fourth-order valence-electron chi connectivity index (χ4n) is 1.99. The van der Waals surface area contributed by atoms with Crippen LogP contribution in [0.4, 0.5) is 17.1 Å². The second kappa shape index (κ2) is 4.61. The highest BCUT2D eigenvalue weighted by Gasteiger charge is 2.08. The standard InChI is InChI=1S/C13H11N5O2/c1-8-6-11(13-12(15-8)7-14-17-13)16-9-2-4-10(5-3-9)18(19)20/h2-7H,1H3,(H,14,17)(H,15,16). The highest BCUT2D eigenvalue weighted by Crippen LogP contribution is 2.25. The molecule has 0 amide bonds. The molecule has 2 N–H and O–H groups in total. The van der Waals surface area contributed by atoms with Crippen LogP contribution in [-0.2, 0) is 0 Å². The van der Waals surface area contributed by atoms with E-state index in [-0.39, 0.29) is 5.69 Å². The highest BCUT2D eigenvalue weighted by atomic mass is 16.6. The summed E-state index contributed by atoms with van der Waals surface area (Å²) in [5.41, 5.74) is 4.09. The first-order valence-electron chi connectivity index (χ1n) is 5.96. The molecule has 0 fully saturated rings. The lowest BCUT2D eigenvalue weighted by Crippen LogP contribution is -1.95. The second-order valence-corrected chi connectivity index (χ2v) is 4.37. The van der Waals surface area contributed by atoms with Gasteiger partial charge in [0.2, 0.25) is 0 Å². The van der Waals surface area contributed by atoms with Crippen molar-refractivity contribution in [3.05, 3.63) is 52.3 Å². The first kappa shape index (κ1) is 12.1. The summed E-state index contributed by atoms with van der Waals surface area (Å²) in [6, 6.07) is 8.13. The van der Waals surface area contributed by atoms with Gasteiger partial charge in [-0.3, -0.25) is 15.2 Å². The maximum Gasteiger partial charge on any atom is 0.269 e. The number of nitro groups is 1. The fourth-order valence-corrected chi connectivity index (χ4v) is 1.99. The van der Waals surface area contributed by atoms with Gasteiger partial charge in [0.05, 0.1) is 16.8 Å². The fraction of sp³-hybridized carbons (Fsp3) is 0.0769. The molecule has 0 unspecified atom stereocenters. The largest absolute Gasteiger partial charge is 0.354 e. The maximum atomic E-state index is 10.6. The molecule has 100 valence electrons.